The summed E-state index contributed by atoms with van der Waals surface area (Å²) < 4.78 is 31.8. The predicted molar refractivity (Wildman–Crippen MR) is 107 cm³/mol. The van der Waals surface area contributed by atoms with Crippen molar-refractivity contribution in [3.8, 4) is 5.75 Å². The van der Waals surface area contributed by atoms with Crippen LogP contribution in [-0.2, 0) is 23.0 Å². The first kappa shape index (κ1) is 19.5. The summed E-state index contributed by atoms with van der Waals surface area (Å²) in [6.45, 7) is 3.57. The topological polar surface area (TPSA) is 52.3 Å². The van der Waals surface area contributed by atoms with Crippen LogP contribution in [0.25, 0.3) is 0 Å². The molecule has 1 unspecified atom stereocenters. The maximum atomic E-state index is 14.1. The summed E-state index contributed by atoms with van der Waals surface area (Å²) in [6.07, 6.45) is 4.09. The van der Waals surface area contributed by atoms with Crippen molar-refractivity contribution in [1.29, 1.82) is 0 Å². The average Bonchev–Trinajstić information content (AvgIpc) is 2.99. The van der Waals surface area contributed by atoms with Gasteiger partial charge in [0.05, 0.1) is 20.8 Å². The average molecular weight is 459 g/mol. The lowest BCUT2D eigenvalue weighted by molar-refractivity contribution is 0.148. The van der Waals surface area contributed by atoms with Crippen LogP contribution < -0.4 is 9.88 Å². The lowest BCUT2D eigenvalue weighted by Crippen LogP contribution is -2.33. The van der Waals surface area contributed by atoms with Crippen LogP contribution in [0.2, 0.25) is 5.02 Å². The summed E-state index contributed by atoms with van der Waals surface area (Å²) in [4.78, 5) is 0. The van der Waals surface area contributed by atoms with E-state index < -0.39 is 27.2 Å². The van der Waals surface area contributed by atoms with Crippen LogP contribution in [0.3, 0.4) is 0 Å². The summed E-state index contributed by atoms with van der Waals surface area (Å²) in [5.41, 5.74) is 0.825. The fourth-order valence-corrected chi connectivity index (χ4v) is 3.73. The molecule has 1 aliphatic rings. The van der Waals surface area contributed by atoms with Gasteiger partial charge in [0.15, 0.2) is 5.60 Å². The van der Waals surface area contributed by atoms with Gasteiger partial charge in [0.1, 0.15) is 11.6 Å². The molecule has 2 aromatic carbocycles. The second kappa shape index (κ2) is 7.08. The molecule has 0 aliphatic carbocycles. The predicted octanol–water partition coefficient (Wildman–Crippen LogP) is 5.03. The molecular formula is C19H18BrClFNO2S. The number of nitrogens with two attached hydrogens (primary N) is 1. The van der Waals surface area contributed by atoms with E-state index in [2.05, 4.69) is 15.9 Å². The molecule has 0 fully saturated rings. The second-order valence-corrected chi connectivity index (χ2v) is 9.55. The molecule has 2 atom stereocenters. The minimum Gasteiger partial charge on any atom is -0.478 e. The Morgan fingerprint density at radius 2 is 2.04 bits per heavy atom. The van der Waals surface area contributed by atoms with Crippen molar-refractivity contribution in [3.63, 3.8) is 0 Å². The molecule has 1 aliphatic heterocycles. The van der Waals surface area contributed by atoms with Crippen molar-refractivity contribution in [2.24, 2.45) is 5.14 Å². The van der Waals surface area contributed by atoms with Crippen molar-refractivity contribution in [2.45, 2.75) is 30.6 Å². The molecule has 138 valence electrons. The van der Waals surface area contributed by atoms with Crippen molar-refractivity contribution in [2.75, 3.05) is 0 Å². The molecule has 3 rings (SSSR count). The molecule has 0 radical (unpaired) electrons. The third-order valence-electron chi connectivity index (χ3n) is 4.49. The van der Waals surface area contributed by atoms with Gasteiger partial charge in [-0.1, -0.05) is 48.0 Å². The number of hydrogen-bond donors (Lipinski definition) is 1. The molecule has 0 amide bonds. The Morgan fingerprint density at radius 3 is 2.65 bits per heavy atom. The van der Waals surface area contributed by atoms with Crippen LogP contribution in [0.4, 0.5) is 4.39 Å². The van der Waals surface area contributed by atoms with Gasteiger partial charge in [-0.2, -0.15) is 0 Å². The second-order valence-electron chi connectivity index (χ2n) is 6.73. The number of rotatable bonds is 4. The molecular weight excluding hydrogens is 441 g/mol. The molecule has 0 saturated carbocycles. The molecule has 0 aromatic heterocycles. The fourth-order valence-electron chi connectivity index (χ4n) is 2.83. The van der Waals surface area contributed by atoms with Gasteiger partial charge in [-0.3, -0.25) is 5.14 Å². The van der Waals surface area contributed by atoms with E-state index in [-0.39, 0.29) is 5.02 Å². The van der Waals surface area contributed by atoms with Gasteiger partial charge in [-0.25, -0.2) is 8.60 Å². The summed E-state index contributed by atoms with van der Waals surface area (Å²) in [7, 11) is -1.55. The van der Waals surface area contributed by atoms with E-state index in [4.69, 9.17) is 21.5 Å². The number of hydrogen-bond acceptors (Lipinski definition) is 2. The SMILES string of the molecule is CC(C)(/C=C/[C@]1(c2ccccc2)Cc2c(cc(F)c(Cl)c2Br)O1)S(N)=O. The first-order valence-corrected chi connectivity index (χ1v) is 10.3. The van der Waals surface area contributed by atoms with Gasteiger partial charge in [-0.15, -0.1) is 0 Å². The lowest BCUT2D eigenvalue weighted by Gasteiger charge is -2.28. The van der Waals surface area contributed by atoms with Crippen molar-refractivity contribution >= 4 is 38.5 Å². The zero-order valence-electron chi connectivity index (χ0n) is 14.3. The van der Waals surface area contributed by atoms with Crippen molar-refractivity contribution in [3.05, 3.63) is 75.0 Å². The van der Waals surface area contributed by atoms with Gasteiger partial charge in [0, 0.05) is 22.5 Å². The molecule has 7 heteroatoms. The highest BCUT2D eigenvalue weighted by Gasteiger charge is 2.41. The Labute approximate surface area is 168 Å². The van der Waals surface area contributed by atoms with E-state index >= 15 is 0 Å². The third-order valence-corrected chi connectivity index (χ3v) is 7.13. The molecule has 1 heterocycles. The van der Waals surface area contributed by atoms with E-state index in [1.54, 1.807) is 19.9 Å². The minimum atomic E-state index is -1.55. The Morgan fingerprint density at radius 1 is 1.38 bits per heavy atom. The summed E-state index contributed by atoms with van der Waals surface area (Å²) in [6, 6.07) is 10.9. The number of halogens is 3. The Kier molecular flexibility index (Phi) is 5.32. The van der Waals surface area contributed by atoms with Crippen LogP contribution in [0.15, 0.2) is 53.0 Å². The Hall–Kier alpha value is -1.21. The number of benzene rings is 2. The zero-order valence-corrected chi connectivity index (χ0v) is 17.4. The van der Waals surface area contributed by atoms with E-state index in [1.807, 2.05) is 36.4 Å². The van der Waals surface area contributed by atoms with E-state index in [1.165, 1.54) is 6.07 Å². The van der Waals surface area contributed by atoms with Crippen molar-refractivity contribution in [1.82, 2.24) is 0 Å². The maximum absolute atomic E-state index is 14.1. The highest BCUT2D eigenvalue weighted by molar-refractivity contribution is 9.10. The molecule has 0 saturated heterocycles. The van der Waals surface area contributed by atoms with Gasteiger partial charge in [0.25, 0.3) is 0 Å². The van der Waals surface area contributed by atoms with Gasteiger partial charge >= 0.3 is 0 Å². The first-order valence-electron chi connectivity index (χ1n) is 7.94. The van der Waals surface area contributed by atoms with E-state index in [0.717, 1.165) is 11.1 Å². The smallest absolute Gasteiger partial charge is 0.156 e. The van der Waals surface area contributed by atoms with Crippen LogP contribution in [-0.4, -0.2) is 8.96 Å². The van der Waals surface area contributed by atoms with E-state index in [9.17, 15) is 8.60 Å². The first-order chi connectivity index (χ1) is 12.2. The third kappa shape index (κ3) is 3.48. The monoisotopic (exact) mass is 457 g/mol. The summed E-state index contributed by atoms with van der Waals surface area (Å²) in [5, 5.41) is 5.62. The highest BCUT2D eigenvalue weighted by Crippen LogP contribution is 2.48. The molecule has 3 nitrogen and oxygen atoms in total. The van der Waals surface area contributed by atoms with Crippen LogP contribution in [0, 0.1) is 5.82 Å². The maximum Gasteiger partial charge on any atom is 0.156 e. The van der Waals surface area contributed by atoms with Crippen LogP contribution >= 0.6 is 27.5 Å². The molecule has 0 spiro atoms. The lowest BCUT2D eigenvalue weighted by atomic mass is 9.88. The number of ether oxygens (including phenoxy) is 1. The molecule has 2 N–H and O–H groups in total. The van der Waals surface area contributed by atoms with Gasteiger partial charge in [-0.05, 0) is 41.4 Å². The standard InChI is InChI=1S/C19H18BrClFNO2S/c1-18(2,26(23)24)8-9-19(12-6-4-3-5-7-12)11-13-15(25-19)10-14(22)17(21)16(13)20/h3-10H,11,23H2,1-2H3/b9-8+/t19-,26?/m1/s1. The van der Waals surface area contributed by atoms with Gasteiger partial charge < -0.3 is 4.74 Å². The quantitative estimate of drug-likeness (QED) is 0.516. The number of fused-ring (bicyclic) bond motifs is 1. The van der Waals surface area contributed by atoms with Crippen LogP contribution in [0.1, 0.15) is 25.0 Å². The van der Waals surface area contributed by atoms with Crippen molar-refractivity contribution < 1.29 is 13.3 Å². The normalized spacial score (nSPS) is 20.8. The van der Waals surface area contributed by atoms with Crippen LogP contribution in [0.5, 0.6) is 5.75 Å². The molecule has 2 aromatic rings. The van der Waals surface area contributed by atoms with E-state index in [0.29, 0.717) is 16.6 Å². The summed E-state index contributed by atoms with van der Waals surface area (Å²) in [5.74, 6) is -0.118. The Balaban J connectivity index is 2.12. The highest BCUT2D eigenvalue weighted by atomic mass is 79.9. The minimum absolute atomic E-state index is 0.0311. The molecule has 26 heavy (non-hydrogen) atoms. The largest absolute Gasteiger partial charge is 0.478 e. The molecule has 0 bridgehead atoms. The summed E-state index contributed by atoms with van der Waals surface area (Å²) >= 11 is 9.41. The Bertz CT molecular complexity index is 904. The zero-order chi connectivity index (χ0) is 19.1. The fraction of sp³-hybridized carbons (Fsp3) is 0.263. The van der Waals surface area contributed by atoms with Gasteiger partial charge in [0.2, 0.25) is 0 Å².